The van der Waals surface area contributed by atoms with Gasteiger partial charge in [-0.25, -0.2) is 0 Å². The molecule has 2 aromatic rings. The minimum atomic E-state index is -0.0239. The Balaban J connectivity index is 1.61. The van der Waals surface area contributed by atoms with E-state index in [-0.39, 0.29) is 11.9 Å². The summed E-state index contributed by atoms with van der Waals surface area (Å²) in [5, 5.41) is 7.33. The molecular formula is C16H20N4O. The maximum absolute atomic E-state index is 12.3. The van der Waals surface area contributed by atoms with Crippen LogP contribution in [0.25, 0.3) is 0 Å². The lowest BCUT2D eigenvalue weighted by Gasteiger charge is -2.06. The van der Waals surface area contributed by atoms with E-state index in [1.54, 1.807) is 4.68 Å². The zero-order valence-corrected chi connectivity index (χ0v) is 12.6. The summed E-state index contributed by atoms with van der Waals surface area (Å²) < 4.78 is 1.79. The second-order valence-electron chi connectivity index (χ2n) is 5.59. The van der Waals surface area contributed by atoms with E-state index in [9.17, 15) is 4.79 Å². The molecule has 1 saturated heterocycles. The van der Waals surface area contributed by atoms with Crippen LogP contribution in [0.1, 0.15) is 17.0 Å². The van der Waals surface area contributed by atoms with Gasteiger partial charge in [-0.05, 0) is 19.4 Å². The molecule has 3 rings (SSSR count). The summed E-state index contributed by atoms with van der Waals surface area (Å²) in [4.78, 5) is 14.5. The molecule has 1 amide bonds. The quantitative estimate of drug-likeness (QED) is 0.872. The van der Waals surface area contributed by atoms with E-state index in [0.29, 0.717) is 0 Å². The van der Waals surface area contributed by atoms with Gasteiger partial charge < -0.3 is 5.32 Å². The first-order valence-corrected chi connectivity index (χ1v) is 7.15. The molecule has 1 aromatic carbocycles. The Bertz CT molecular complexity index is 662. The number of rotatable bonds is 4. The van der Waals surface area contributed by atoms with Gasteiger partial charge in [-0.2, -0.15) is 5.10 Å². The van der Waals surface area contributed by atoms with E-state index in [1.165, 1.54) is 5.56 Å². The van der Waals surface area contributed by atoms with Crippen LogP contribution in [0.3, 0.4) is 0 Å². The Kier molecular flexibility index (Phi) is 3.51. The molecule has 0 saturated carbocycles. The number of carbonyl (C=O) groups is 1. The number of aryl methyl sites for hydroxylation is 2. The Labute approximate surface area is 124 Å². The van der Waals surface area contributed by atoms with Crippen LogP contribution < -0.4 is 5.32 Å². The zero-order chi connectivity index (χ0) is 15.0. The average Bonchev–Trinajstić information content (AvgIpc) is 3.19. The molecule has 1 aliphatic rings. The third-order valence-electron chi connectivity index (χ3n) is 4.00. The lowest BCUT2D eigenvalue weighted by atomic mass is 10.2. The Morgan fingerprint density at radius 2 is 2.05 bits per heavy atom. The Morgan fingerprint density at radius 3 is 2.67 bits per heavy atom. The van der Waals surface area contributed by atoms with Crippen molar-refractivity contribution in [1.82, 2.24) is 14.7 Å². The number of amides is 1. The van der Waals surface area contributed by atoms with Gasteiger partial charge in [0, 0.05) is 20.1 Å². The number of hydrogen-bond acceptors (Lipinski definition) is 3. The van der Waals surface area contributed by atoms with E-state index in [2.05, 4.69) is 27.4 Å². The summed E-state index contributed by atoms with van der Waals surface area (Å²) in [6, 6.07) is 10.2. The first-order chi connectivity index (χ1) is 10.1. The molecule has 110 valence electrons. The van der Waals surface area contributed by atoms with Crippen LogP contribution in [0.5, 0.6) is 0 Å². The van der Waals surface area contributed by atoms with Crippen molar-refractivity contribution in [2.24, 2.45) is 7.05 Å². The molecule has 2 unspecified atom stereocenters. The molecule has 0 aliphatic carbocycles. The average molecular weight is 284 g/mol. The number of anilines is 1. The number of hydrogen-bond donors (Lipinski definition) is 1. The second kappa shape index (κ2) is 5.33. The number of benzene rings is 1. The summed E-state index contributed by atoms with van der Waals surface area (Å²) in [5.41, 5.74) is 3.92. The number of nitrogens with one attached hydrogen (secondary N) is 1. The zero-order valence-electron chi connectivity index (χ0n) is 12.6. The van der Waals surface area contributed by atoms with Gasteiger partial charge in [-0.15, -0.1) is 0 Å². The lowest BCUT2D eigenvalue weighted by Crippen LogP contribution is -2.22. The normalized spacial score (nSPS) is 20.3. The molecule has 5 heteroatoms. The first-order valence-electron chi connectivity index (χ1n) is 7.15. The first kappa shape index (κ1) is 13.8. The van der Waals surface area contributed by atoms with Gasteiger partial charge in [-0.3, -0.25) is 14.4 Å². The maximum Gasteiger partial charge on any atom is 0.243 e. The fraction of sp³-hybridized carbons (Fsp3) is 0.375. The molecule has 2 heterocycles. The minimum absolute atomic E-state index is 0.0239. The van der Waals surface area contributed by atoms with Crippen molar-refractivity contribution in [1.29, 1.82) is 0 Å². The van der Waals surface area contributed by atoms with E-state index in [4.69, 9.17) is 0 Å². The molecule has 0 bridgehead atoms. The van der Waals surface area contributed by atoms with Gasteiger partial charge in [0.25, 0.3) is 0 Å². The number of aromatic nitrogens is 2. The smallest absolute Gasteiger partial charge is 0.243 e. The molecule has 1 aliphatic heterocycles. The van der Waals surface area contributed by atoms with E-state index in [1.807, 2.05) is 39.1 Å². The van der Waals surface area contributed by atoms with E-state index in [0.717, 1.165) is 30.2 Å². The summed E-state index contributed by atoms with van der Waals surface area (Å²) in [5.74, 6) is 0.0603. The Hall–Kier alpha value is -2.14. The summed E-state index contributed by atoms with van der Waals surface area (Å²) in [6.07, 6.45) is 0. The maximum atomic E-state index is 12.3. The molecule has 1 fully saturated rings. The molecule has 21 heavy (non-hydrogen) atoms. The molecule has 1 aromatic heterocycles. The molecule has 0 radical (unpaired) electrons. The van der Waals surface area contributed by atoms with Gasteiger partial charge in [0.2, 0.25) is 5.91 Å². The van der Waals surface area contributed by atoms with Crippen LogP contribution in [0.15, 0.2) is 30.3 Å². The summed E-state index contributed by atoms with van der Waals surface area (Å²) in [7, 11) is 1.89. The second-order valence-corrected chi connectivity index (χ2v) is 5.59. The van der Waals surface area contributed by atoms with Crippen molar-refractivity contribution >= 4 is 11.6 Å². The van der Waals surface area contributed by atoms with Crippen LogP contribution in [0.4, 0.5) is 5.69 Å². The van der Waals surface area contributed by atoms with Gasteiger partial charge >= 0.3 is 0 Å². The lowest BCUT2D eigenvalue weighted by molar-refractivity contribution is -0.116. The highest BCUT2D eigenvalue weighted by Gasteiger charge is 2.40. The fourth-order valence-electron chi connectivity index (χ4n) is 2.58. The van der Waals surface area contributed by atoms with Crippen molar-refractivity contribution in [3.8, 4) is 0 Å². The third-order valence-corrected chi connectivity index (χ3v) is 4.00. The van der Waals surface area contributed by atoms with Gasteiger partial charge in [0.05, 0.1) is 17.1 Å². The van der Waals surface area contributed by atoms with Crippen molar-refractivity contribution in [3.63, 3.8) is 0 Å². The largest absolute Gasteiger partial charge is 0.322 e. The van der Waals surface area contributed by atoms with Crippen molar-refractivity contribution in [3.05, 3.63) is 47.3 Å². The van der Waals surface area contributed by atoms with Crippen LogP contribution in [-0.4, -0.2) is 33.2 Å². The highest BCUT2D eigenvalue weighted by atomic mass is 16.2. The van der Waals surface area contributed by atoms with Crippen LogP contribution >= 0.6 is 0 Å². The van der Waals surface area contributed by atoms with Crippen LogP contribution in [0, 0.1) is 13.8 Å². The third kappa shape index (κ3) is 2.83. The Morgan fingerprint density at radius 1 is 1.33 bits per heavy atom. The van der Waals surface area contributed by atoms with Crippen molar-refractivity contribution < 1.29 is 4.79 Å². The number of nitrogens with zero attached hydrogens (tertiary/aromatic N) is 3. The minimum Gasteiger partial charge on any atom is -0.322 e. The van der Waals surface area contributed by atoms with Gasteiger partial charge in [-0.1, -0.05) is 30.3 Å². The predicted octanol–water partition coefficient (Wildman–Crippen LogP) is 1.86. The topological polar surface area (TPSA) is 49.9 Å². The highest BCUT2D eigenvalue weighted by molar-refractivity contribution is 5.97. The van der Waals surface area contributed by atoms with Crippen LogP contribution in [-0.2, 0) is 18.4 Å². The van der Waals surface area contributed by atoms with E-state index < -0.39 is 0 Å². The SMILES string of the molecule is Cc1nn(C)c(C)c1NC(=O)C1CN1Cc1ccccc1. The molecule has 0 spiro atoms. The molecular weight excluding hydrogens is 264 g/mol. The monoisotopic (exact) mass is 284 g/mol. The van der Waals surface area contributed by atoms with Gasteiger partial charge in [0.15, 0.2) is 0 Å². The van der Waals surface area contributed by atoms with Crippen molar-refractivity contribution in [2.75, 3.05) is 11.9 Å². The standard InChI is InChI=1S/C16H20N4O/c1-11-15(12(2)19(3)18-11)17-16(21)14-10-20(14)9-13-7-5-4-6-8-13/h4-8,14H,9-10H2,1-3H3,(H,17,21). The fourth-order valence-corrected chi connectivity index (χ4v) is 2.58. The van der Waals surface area contributed by atoms with E-state index >= 15 is 0 Å². The number of carbonyl (C=O) groups excluding carboxylic acids is 1. The molecule has 5 nitrogen and oxygen atoms in total. The predicted molar refractivity (Wildman–Crippen MR) is 82.0 cm³/mol. The highest BCUT2D eigenvalue weighted by Crippen LogP contribution is 2.24. The van der Waals surface area contributed by atoms with Crippen LogP contribution in [0.2, 0.25) is 0 Å². The summed E-state index contributed by atoms with van der Waals surface area (Å²) in [6.45, 7) is 5.52. The summed E-state index contributed by atoms with van der Waals surface area (Å²) >= 11 is 0. The molecule has 2 atom stereocenters. The molecule has 1 N–H and O–H groups in total. The van der Waals surface area contributed by atoms with Gasteiger partial charge in [0.1, 0.15) is 6.04 Å². The van der Waals surface area contributed by atoms with Crippen molar-refractivity contribution in [2.45, 2.75) is 26.4 Å².